The summed E-state index contributed by atoms with van der Waals surface area (Å²) >= 11 is 0. The van der Waals surface area contributed by atoms with E-state index in [0.29, 0.717) is 11.3 Å². The second-order valence-electron chi connectivity index (χ2n) is 5.71. The second-order valence-corrected chi connectivity index (χ2v) is 5.71. The molecule has 2 amide bonds. The van der Waals surface area contributed by atoms with Crippen LogP contribution in [-0.4, -0.2) is 35.8 Å². The molecule has 2 rings (SSSR count). The lowest BCUT2D eigenvalue weighted by atomic mass is 10.1. The minimum absolute atomic E-state index is 0. The van der Waals surface area contributed by atoms with Crippen LogP contribution in [0.3, 0.4) is 0 Å². The molecule has 1 unspecified atom stereocenters. The third-order valence-corrected chi connectivity index (χ3v) is 3.74. The zero-order valence-corrected chi connectivity index (χ0v) is 13.9. The van der Waals surface area contributed by atoms with Crippen LogP contribution in [0.25, 0.3) is 0 Å². The topological polar surface area (TPSA) is 75.4 Å². The fraction of sp³-hybridized carbons (Fsp3) is 0.500. The molecule has 3 N–H and O–H groups in total. The number of nitrogens with two attached hydrogens (primary N) is 1. The molecule has 5 nitrogen and oxygen atoms in total. The molecule has 1 aromatic rings. The highest BCUT2D eigenvalue weighted by Crippen LogP contribution is 2.22. The van der Waals surface area contributed by atoms with Crippen LogP contribution in [0.5, 0.6) is 0 Å². The molecule has 1 aliphatic rings. The molecule has 0 radical (unpaired) electrons. The van der Waals surface area contributed by atoms with Gasteiger partial charge in [-0.2, -0.15) is 0 Å². The molecule has 1 atom stereocenters. The van der Waals surface area contributed by atoms with Crippen molar-refractivity contribution in [3.05, 3.63) is 29.3 Å². The van der Waals surface area contributed by atoms with Crippen LogP contribution >= 0.6 is 12.4 Å². The number of likely N-dealkylation sites (tertiary alicyclic amines) is 1. The Balaban J connectivity index is 0.00000242. The average Bonchev–Trinajstić information content (AvgIpc) is 2.93. The summed E-state index contributed by atoms with van der Waals surface area (Å²) in [4.78, 5) is 26.2. The first-order valence-electron chi connectivity index (χ1n) is 7.43. The van der Waals surface area contributed by atoms with Crippen molar-refractivity contribution in [1.29, 1.82) is 0 Å². The monoisotopic (exact) mass is 325 g/mol. The van der Waals surface area contributed by atoms with Crippen LogP contribution in [0.15, 0.2) is 18.2 Å². The van der Waals surface area contributed by atoms with Gasteiger partial charge in [-0.3, -0.25) is 9.59 Å². The molecular weight excluding hydrogens is 302 g/mol. The normalized spacial score (nSPS) is 15.1. The molecule has 0 spiro atoms. The lowest BCUT2D eigenvalue weighted by Crippen LogP contribution is -2.28. The van der Waals surface area contributed by atoms with E-state index in [-0.39, 0.29) is 36.7 Å². The van der Waals surface area contributed by atoms with Crippen molar-refractivity contribution in [2.24, 2.45) is 5.73 Å². The first-order chi connectivity index (χ1) is 9.99. The van der Waals surface area contributed by atoms with Crippen LogP contribution in [0, 0.1) is 6.92 Å². The number of hydrogen-bond donors (Lipinski definition) is 2. The van der Waals surface area contributed by atoms with E-state index in [1.807, 2.05) is 24.0 Å². The van der Waals surface area contributed by atoms with Crippen LogP contribution in [0.2, 0.25) is 0 Å². The van der Waals surface area contributed by atoms with Gasteiger partial charge in [0.05, 0.1) is 0 Å². The van der Waals surface area contributed by atoms with Crippen molar-refractivity contribution in [2.75, 3.05) is 18.4 Å². The van der Waals surface area contributed by atoms with E-state index in [2.05, 4.69) is 5.32 Å². The van der Waals surface area contributed by atoms with Crippen molar-refractivity contribution in [3.8, 4) is 0 Å². The first kappa shape index (κ1) is 18.5. The number of rotatable bonds is 4. The van der Waals surface area contributed by atoms with Gasteiger partial charge in [-0.05, 0) is 44.4 Å². The molecule has 0 aromatic heterocycles. The Morgan fingerprint density at radius 1 is 1.32 bits per heavy atom. The fourth-order valence-electron chi connectivity index (χ4n) is 2.59. The lowest BCUT2D eigenvalue weighted by Gasteiger charge is -2.18. The number of carbonyl (C=O) groups excluding carboxylic acids is 2. The molecule has 22 heavy (non-hydrogen) atoms. The summed E-state index contributed by atoms with van der Waals surface area (Å²) in [5.41, 5.74) is 7.79. The highest BCUT2D eigenvalue weighted by molar-refractivity contribution is 5.99. The Morgan fingerprint density at radius 2 is 1.95 bits per heavy atom. The van der Waals surface area contributed by atoms with Crippen molar-refractivity contribution < 1.29 is 9.59 Å². The SMILES string of the molecule is Cc1c(NC(=O)CC(C)N)cccc1C(=O)N1CCCC1.Cl. The van der Waals surface area contributed by atoms with Crippen LogP contribution in [0.4, 0.5) is 5.69 Å². The maximum Gasteiger partial charge on any atom is 0.254 e. The summed E-state index contributed by atoms with van der Waals surface area (Å²) in [7, 11) is 0. The van der Waals surface area contributed by atoms with Gasteiger partial charge >= 0.3 is 0 Å². The third kappa shape index (κ3) is 4.45. The largest absolute Gasteiger partial charge is 0.339 e. The van der Waals surface area contributed by atoms with E-state index in [1.54, 1.807) is 13.0 Å². The zero-order chi connectivity index (χ0) is 15.4. The van der Waals surface area contributed by atoms with E-state index >= 15 is 0 Å². The Hall–Kier alpha value is -1.59. The van der Waals surface area contributed by atoms with E-state index in [9.17, 15) is 9.59 Å². The number of anilines is 1. The Bertz CT molecular complexity index is 540. The lowest BCUT2D eigenvalue weighted by molar-refractivity contribution is -0.116. The maximum absolute atomic E-state index is 12.5. The third-order valence-electron chi connectivity index (χ3n) is 3.74. The van der Waals surface area contributed by atoms with Crippen LogP contribution in [-0.2, 0) is 4.79 Å². The minimum Gasteiger partial charge on any atom is -0.339 e. The molecule has 0 saturated carbocycles. The second kappa shape index (κ2) is 8.15. The number of amides is 2. The number of halogens is 1. The van der Waals surface area contributed by atoms with Gasteiger partial charge in [-0.15, -0.1) is 12.4 Å². The first-order valence-corrected chi connectivity index (χ1v) is 7.43. The van der Waals surface area contributed by atoms with Crippen LogP contribution in [0.1, 0.15) is 42.1 Å². The van der Waals surface area contributed by atoms with Gasteiger partial charge in [0.15, 0.2) is 0 Å². The highest BCUT2D eigenvalue weighted by Gasteiger charge is 2.22. The van der Waals surface area contributed by atoms with E-state index in [4.69, 9.17) is 5.73 Å². The molecule has 1 fully saturated rings. The van der Waals surface area contributed by atoms with Gasteiger partial charge < -0.3 is 16.0 Å². The number of benzene rings is 1. The van der Waals surface area contributed by atoms with Crippen LogP contribution < -0.4 is 11.1 Å². The van der Waals surface area contributed by atoms with E-state index < -0.39 is 0 Å². The molecule has 0 aliphatic carbocycles. The van der Waals surface area contributed by atoms with Gasteiger partial charge in [0, 0.05) is 36.8 Å². The van der Waals surface area contributed by atoms with Gasteiger partial charge in [-0.1, -0.05) is 6.07 Å². The van der Waals surface area contributed by atoms with Crippen molar-refractivity contribution in [2.45, 2.75) is 39.2 Å². The summed E-state index contributed by atoms with van der Waals surface area (Å²) in [5, 5.41) is 2.84. The Kier molecular flexibility index (Phi) is 6.84. The zero-order valence-electron chi connectivity index (χ0n) is 13.1. The van der Waals surface area contributed by atoms with Crippen molar-refractivity contribution in [3.63, 3.8) is 0 Å². The number of hydrogen-bond acceptors (Lipinski definition) is 3. The predicted molar refractivity (Wildman–Crippen MR) is 90.5 cm³/mol. The van der Waals surface area contributed by atoms with Gasteiger partial charge in [0.25, 0.3) is 5.91 Å². The molecule has 1 aromatic carbocycles. The molecule has 1 heterocycles. The quantitative estimate of drug-likeness (QED) is 0.892. The molecule has 1 saturated heterocycles. The van der Waals surface area contributed by atoms with Gasteiger partial charge in [0.2, 0.25) is 5.91 Å². The molecule has 1 aliphatic heterocycles. The van der Waals surface area contributed by atoms with Gasteiger partial charge in [0.1, 0.15) is 0 Å². The number of carbonyl (C=O) groups is 2. The van der Waals surface area contributed by atoms with E-state index in [1.165, 1.54) is 0 Å². The molecule has 122 valence electrons. The number of nitrogens with zero attached hydrogens (tertiary/aromatic N) is 1. The van der Waals surface area contributed by atoms with Crippen molar-refractivity contribution >= 4 is 29.9 Å². The molecule has 0 bridgehead atoms. The summed E-state index contributed by atoms with van der Waals surface area (Å²) in [6.07, 6.45) is 2.40. The molecule has 6 heteroatoms. The minimum atomic E-state index is -0.181. The average molecular weight is 326 g/mol. The summed E-state index contributed by atoms with van der Waals surface area (Å²) in [6, 6.07) is 5.25. The standard InChI is InChI=1S/C16H23N3O2.ClH/c1-11(17)10-15(20)18-14-7-5-6-13(12(14)2)16(21)19-8-3-4-9-19;/h5-7,11H,3-4,8-10,17H2,1-2H3,(H,18,20);1H. The molecular formula is C16H24ClN3O2. The Morgan fingerprint density at radius 3 is 2.55 bits per heavy atom. The fourth-order valence-corrected chi connectivity index (χ4v) is 2.59. The summed E-state index contributed by atoms with van der Waals surface area (Å²) < 4.78 is 0. The predicted octanol–water partition coefficient (Wildman–Crippen LogP) is 2.33. The van der Waals surface area contributed by atoms with E-state index in [0.717, 1.165) is 31.5 Å². The van der Waals surface area contributed by atoms with Gasteiger partial charge in [-0.25, -0.2) is 0 Å². The highest BCUT2D eigenvalue weighted by atomic mass is 35.5. The summed E-state index contributed by atoms with van der Waals surface area (Å²) in [6.45, 7) is 5.30. The maximum atomic E-state index is 12.5. The Labute approximate surface area is 137 Å². The number of nitrogens with one attached hydrogen (secondary N) is 1. The van der Waals surface area contributed by atoms with Crippen molar-refractivity contribution in [1.82, 2.24) is 4.90 Å². The summed E-state index contributed by atoms with van der Waals surface area (Å²) in [5.74, 6) is -0.0767. The smallest absolute Gasteiger partial charge is 0.254 e.